The first kappa shape index (κ1) is 19.4. The molecule has 2 N–H and O–H groups in total. The van der Waals surface area contributed by atoms with Crippen LogP contribution in [-0.2, 0) is 0 Å². The lowest BCUT2D eigenvalue weighted by Gasteiger charge is -2.32. The van der Waals surface area contributed by atoms with Gasteiger partial charge in [0.15, 0.2) is 5.82 Å². The minimum Gasteiger partial charge on any atom is -0.368 e. The zero-order valence-electron chi connectivity index (χ0n) is 16.4. The largest absolute Gasteiger partial charge is 0.368 e. The molecule has 0 unspecified atom stereocenters. The Kier molecular flexibility index (Phi) is 5.23. The molecule has 4 heterocycles. The van der Waals surface area contributed by atoms with E-state index < -0.39 is 11.8 Å². The van der Waals surface area contributed by atoms with Crippen LogP contribution in [0.1, 0.15) is 6.42 Å². The Morgan fingerprint density at radius 2 is 2.03 bits per heavy atom. The van der Waals surface area contributed by atoms with Crippen LogP contribution >= 0.6 is 0 Å². The Morgan fingerprint density at radius 3 is 2.76 bits per heavy atom. The number of hydrogen-bond donors (Lipinski definition) is 2. The fraction of sp³-hybridized carbons (Fsp3) is 0.400. The molecular weight excluding hydrogens is 376 g/mol. The summed E-state index contributed by atoms with van der Waals surface area (Å²) in [5, 5.41) is 6.13. The molecule has 3 aromatic heterocycles. The molecule has 0 amide bonds. The van der Waals surface area contributed by atoms with Gasteiger partial charge in [-0.15, -0.1) is 0 Å². The fourth-order valence-corrected chi connectivity index (χ4v) is 3.37. The lowest BCUT2D eigenvalue weighted by Crippen LogP contribution is -2.47. The molecule has 4 rings (SSSR count). The highest BCUT2D eigenvalue weighted by Gasteiger charge is 2.41. The second kappa shape index (κ2) is 7.82. The Bertz CT molecular complexity index is 992. The van der Waals surface area contributed by atoms with E-state index in [1.54, 1.807) is 18.6 Å². The van der Waals surface area contributed by atoms with E-state index in [1.165, 1.54) is 0 Å². The van der Waals surface area contributed by atoms with Gasteiger partial charge in [0.25, 0.3) is 5.92 Å². The minimum atomic E-state index is -2.71. The Morgan fingerprint density at radius 1 is 1.21 bits per heavy atom. The number of nitrogens with zero attached hydrogens (tertiary/aromatic N) is 5. The van der Waals surface area contributed by atoms with E-state index in [0.717, 1.165) is 11.4 Å². The van der Waals surface area contributed by atoms with Crippen molar-refractivity contribution in [1.82, 2.24) is 25.3 Å². The maximum atomic E-state index is 14.2. The summed E-state index contributed by atoms with van der Waals surface area (Å²) in [6.45, 7) is 0.695. The van der Waals surface area contributed by atoms with Crippen LogP contribution in [-0.4, -0.2) is 59.6 Å². The fourth-order valence-electron chi connectivity index (χ4n) is 3.37. The molecule has 1 fully saturated rings. The van der Waals surface area contributed by atoms with Crippen molar-refractivity contribution in [3.63, 3.8) is 0 Å². The number of halogens is 2. The van der Waals surface area contributed by atoms with Crippen LogP contribution in [0.3, 0.4) is 0 Å². The number of anilines is 2. The van der Waals surface area contributed by atoms with Gasteiger partial charge in [0, 0.05) is 64.3 Å². The summed E-state index contributed by atoms with van der Waals surface area (Å²) in [6.07, 6.45) is 4.75. The molecule has 152 valence electrons. The molecule has 0 spiro atoms. The smallest absolute Gasteiger partial charge is 0.255 e. The van der Waals surface area contributed by atoms with E-state index in [4.69, 9.17) is 0 Å². The number of rotatable bonds is 5. The summed E-state index contributed by atoms with van der Waals surface area (Å²) < 4.78 is 28.4. The molecule has 9 heteroatoms. The van der Waals surface area contributed by atoms with Gasteiger partial charge in [0.1, 0.15) is 11.3 Å². The highest BCUT2D eigenvalue weighted by Crippen LogP contribution is 2.31. The molecule has 0 radical (unpaired) electrons. The summed E-state index contributed by atoms with van der Waals surface area (Å²) in [6, 6.07) is 5.66. The highest BCUT2D eigenvalue weighted by atomic mass is 19.3. The van der Waals surface area contributed by atoms with Crippen LogP contribution < -0.4 is 15.5 Å². The van der Waals surface area contributed by atoms with Crippen LogP contribution in [0, 0.1) is 5.92 Å². The summed E-state index contributed by atoms with van der Waals surface area (Å²) in [4.78, 5) is 19.7. The minimum absolute atomic E-state index is 0.0972. The normalized spacial score (nSPS) is 18.6. The van der Waals surface area contributed by atoms with E-state index in [2.05, 4.69) is 30.6 Å². The van der Waals surface area contributed by atoms with Crippen molar-refractivity contribution in [1.29, 1.82) is 0 Å². The number of pyridine rings is 2. The van der Waals surface area contributed by atoms with E-state index in [9.17, 15) is 8.78 Å². The lowest BCUT2D eigenvalue weighted by molar-refractivity contribution is -0.0728. The summed E-state index contributed by atoms with van der Waals surface area (Å²) in [7, 11) is 3.84. The van der Waals surface area contributed by atoms with Gasteiger partial charge in [-0.25, -0.2) is 23.7 Å². The maximum absolute atomic E-state index is 14.2. The zero-order valence-corrected chi connectivity index (χ0v) is 16.4. The first-order chi connectivity index (χ1) is 13.9. The van der Waals surface area contributed by atoms with Crippen molar-refractivity contribution in [2.24, 2.45) is 5.92 Å². The van der Waals surface area contributed by atoms with Crippen molar-refractivity contribution < 1.29 is 8.78 Å². The van der Waals surface area contributed by atoms with Crippen molar-refractivity contribution >= 4 is 22.7 Å². The van der Waals surface area contributed by atoms with Crippen molar-refractivity contribution in [3.8, 4) is 11.3 Å². The van der Waals surface area contributed by atoms with Gasteiger partial charge >= 0.3 is 0 Å². The third-order valence-corrected chi connectivity index (χ3v) is 5.10. The van der Waals surface area contributed by atoms with Crippen LogP contribution in [0.15, 0.2) is 36.8 Å². The first-order valence-corrected chi connectivity index (χ1v) is 9.52. The van der Waals surface area contributed by atoms with Gasteiger partial charge in [-0.05, 0) is 18.2 Å². The van der Waals surface area contributed by atoms with Crippen molar-refractivity contribution in [2.45, 2.75) is 12.3 Å². The van der Waals surface area contributed by atoms with Gasteiger partial charge in [0.2, 0.25) is 0 Å². The molecular formula is C20H23F2N7. The molecule has 0 aliphatic carbocycles. The third kappa shape index (κ3) is 4.09. The molecule has 0 saturated carbocycles. The average Bonchev–Trinajstić information content (AvgIpc) is 2.72. The monoisotopic (exact) mass is 399 g/mol. The van der Waals surface area contributed by atoms with Crippen LogP contribution in [0.25, 0.3) is 22.3 Å². The van der Waals surface area contributed by atoms with Gasteiger partial charge in [-0.1, -0.05) is 0 Å². The maximum Gasteiger partial charge on any atom is 0.255 e. The van der Waals surface area contributed by atoms with Gasteiger partial charge < -0.3 is 15.5 Å². The third-order valence-electron chi connectivity index (χ3n) is 5.10. The van der Waals surface area contributed by atoms with E-state index in [1.807, 2.05) is 37.2 Å². The predicted molar refractivity (Wildman–Crippen MR) is 109 cm³/mol. The van der Waals surface area contributed by atoms with Gasteiger partial charge in [-0.2, -0.15) is 0 Å². The molecule has 1 atom stereocenters. The predicted octanol–water partition coefficient (Wildman–Crippen LogP) is 2.81. The van der Waals surface area contributed by atoms with Crippen molar-refractivity contribution in [2.75, 3.05) is 43.9 Å². The molecule has 3 aromatic rings. The number of aromatic nitrogens is 4. The number of nitrogens with one attached hydrogen (secondary N) is 2. The highest BCUT2D eigenvalue weighted by molar-refractivity contribution is 5.88. The summed E-state index contributed by atoms with van der Waals surface area (Å²) >= 11 is 0. The zero-order chi connectivity index (χ0) is 20.4. The second-order valence-electron chi connectivity index (χ2n) is 7.37. The molecule has 29 heavy (non-hydrogen) atoms. The van der Waals surface area contributed by atoms with Gasteiger partial charge in [0.05, 0.1) is 17.1 Å². The lowest BCUT2D eigenvalue weighted by atomic mass is 9.95. The average molecular weight is 399 g/mol. The quantitative estimate of drug-likeness (QED) is 0.683. The number of alkyl halides is 2. The molecule has 1 saturated heterocycles. The molecule has 1 aliphatic rings. The number of hydrogen-bond acceptors (Lipinski definition) is 7. The van der Waals surface area contributed by atoms with E-state index in [-0.39, 0.29) is 19.5 Å². The first-order valence-electron chi connectivity index (χ1n) is 9.52. The molecule has 0 bridgehead atoms. The Balaban J connectivity index is 1.65. The summed E-state index contributed by atoms with van der Waals surface area (Å²) in [5.41, 5.74) is 2.68. The van der Waals surface area contributed by atoms with Crippen LogP contribution in [0.4, 0.5) is 20.4 Å². The van der Waals surface area contributed by atoms with E-state index in [0.29, 0.717) is 29.1 Å². The second-order valence-corrected chi connectivity index (χ2v) is 7.37. The number of fused-ring (bicyclic) bond motifs is 1. The number of piperidine rings is 1. The van der Waals surface area contributed by atoms with Crippen molar-refractivity contribution in [3.05, 3.63) is 36.8 Å². The summed E-state index contributed by atoms with van der Waals surface area (Å²) in [5.74, 6) is -2.23. The van der Waals surface area contributed by atoms with Crippen LogP contribution in [0.2, 0.25) is 0 Å². The molecule has 7 nitrogen and oxygen atoms in total. The van der Waals surface area contributed by atoms with Crippen LogP contribution in [0.5, 0.6) is 0 Å². The molecule has 1 aliphatic heterocycles. The Hall–Kier alpha value is -2.94. The topological polar surface area (TPSA) is 78.9 Å². The van der Waals surface area contributed by atoms with Gasteiger partial charge in [-0.3, -0.25) is 4.98 Å². The SMILES string of the molecule is CN(C)c1ccc(-c2cc3nccnc3c(NC[C@H]3CNCCC3(F)F)n2)cn1. The van der Waals surface area contributed by atoms with E-state index >= 15 is 0 Å². The molecule has 0 aromatic carbocycles. The Labute approximate surface area is 167 Å². The standard InChI is InChI=1S/C20H23F2N7/c1-29(2)17-4-3-13(10-26-17)15-9-16-18(25-8-7-24-16)19(28-15)27-12-14-11-23-6-5-20(14,21)22/h3-4,7-10,14,23H,5-6,11-12H2,1-2H3,(H,27,28)/t14-/m1/s1.